The van der Waals surface area contributed by atoms with Gasteiger partial charge in [-0.15, -0.1) is 0 Å². The van der Waals surface area contributed by atoms with E-state index < -0.39 is 11.6 Å². The Kier molecular flexibility index (Phi) is 5.01. The van der Waals surface area contributed by atoms with Crippen LogP contribution in [0.2, 0.25) is 0 Å². The Bertz CT molecular complexity index is 720. The lowest BCUT2D eigenvalue weighted by atomic mass is 9.99. The first-order valence-corrected chi connectivity index (χ1v) is 7.60. The number of hydrogen-bond donors (Lipinski definition) is 3. The Labute approximate surface area is 136 Å². The second kappa shape index (κ2) is 6.79. The van der Waals surface area contributed by atoms with Gasteiger partial charge >= 0.3 is 0 Å². The van der Waals surface area contributed by atoms with Gasteiger partial charge in [-0.2, -0.15) is 0 Å². The van der Waals surface area contributed by atoms with Crippen LogP contribution in [0.1, 0.15) is 19.4 Å². The molecule has 0 spiro atoms. The zero-order valence-electron chi connectivity index (χ0n) is 13.7. The number of hydrogen-bond acceptors (Lipinski definition) is 3. The number of rotatable bonds is 5. The Morgan fingerprint density at radius 3 is 2.39 bits per heavy atom. The SMILES string of the molecule is CNC(=O)[C@@H](Cc1ccc2ccccc2c1)NC(=O)C(C)(C)N. The van der Waals surface area contributed by atoms with Crippen molar-refractivity contribution in [2.75, 3.05) is 7.05 Å². The minimum absolute atomic E-state index is 0.240. The molecule has 2 aromatic carbocycles. The van der Waals surface area contributed by atoms with Crippen molar-refractivity contribution in [3.8, 4) is 0 Å². The number of amides is 2. The van der Waals surface area contributed by atoms with E-state index in [2.05, 4.69) is 10.6 Å². The van der Waals surface area contributed by atoms with Gasteiger partial charge in [0.15, 0.2) is 0 Å². The molecule has 4 N–H and O–H groups in total. The summed E-state index contributed by atoms with van der Waals surface area (Å²) in [6.45, 7) is 3.22. The van der Waals surface area contributed by atoms with Gasteiger partial charge in [0.05, 0.1) is 5.54 Å². The second-order valence-electron chi connectivity index (χ2n) is 6.25. The topological polar surface area (TPSA) is 84.2 Å². The molecule has 0 aliphatic heterocycles. The monoisotopic (exact) mass is 313 g/mol. The highest BCUT2D eigenvalue weighted by Crippen LogP contribution is 2.17. The molecule has 0 unspecified atom stereocenters. The summed E-state index contributed by atoms with van der Waals surface area (Å²) in [7, 11) is 1.55. The van der Waals surface area contributed by atoms with Crippen LogP contribution in [-0.4, -0.2) is 30.4 Å². The average Bonchev–Trinajstić information content (AvgIpc) is 2.52. The minimum atomic E-state index is -1.03. The zero-order valence-corrected chi connectivity index (χ0v) is 13.7. The molecule has 5 heteroatoms. The lowest BCUT2D eigenvalue weighted by Crippen LogP contribution is -2.56. The summed E-state index contributed by atoms with van der Waals surface area (Å²) in [6, 6.07) is 13.4. The second-order valence-corrected chi connectivity index (χ2v) is 6.25. The molecule has 0 saturated heterocycles. The van der Waals surface area contributed by atoms with Crippen molar-refractivity contribution in [1.29, 1.82) is 0 Å². The van der Waals surface area contributed by atoms with E-state index in [-0.39, 0.29) is 11.8 Å². The molecule has 0 radical (unpaired) electrons. The molecule has 23 heavy (non-hydrogen) atoms. The minimum Gasteiger partial charge on any atom is -0.357 e. The lowest BCUT2D eigenvalue weighted by Gasteiger charge is -2.23. The Morgan fingerprint density at radius 1 is 1.13 bits per heavy atom. The molecule has 5 nitrogen and oxygen atoms in total. The van der Waals surface area contributed by atoms with Crippen LogP contribution in [0.25, 0.3) is 10.8 Å². The first-order valence-electron chi connectivity index (χ1n) is 7.60. The van der Waals surface area contributed by atoms with Crippen molar-refractivity contribution >= 4 is 22.6 Å². The van der Waals surface area contributed by atoms with Gasteiger partial charge in [0.25, 0.3) is 0 Å². The maximum absolute atomic E-state index is 12.1. The van der Waals surface area contributed by atoms with Gasteiger partial charge in [-0.05, 0) is 30.2 Å². The summed E-state index contributed by atoms with van der Waals surface area (Å²) in [5.74, 6) is -0.595. The highest BCUT2D eigenvalue weighted by Gasteiger charge is 2.27. The van der Waals surface area contributed by atoms with Gasteiger partial charge in [0.1, 0.15) is 6.04 Å². The molecule has 1 atom stereocenters. The van der Waals surface area contributed by atoms with Crippen LogP contribution in [0.15, 0.2) is 42.5 Å². The molecular formula is C18H23N3O2. The number of carbonyl (C=O) groups is 2. The van der Waals surface area contributed by atoms with Crippen molar-refractivity contribution < 1.29 is 9.59 Å². The van der Waals surface area contributed by atoms with Crippen LogP contribution >= 0.6 is 0 Å². The number of likely N-dealkylation sites (N-methyl/N-ethyl adjacent to an activating group) is 1. The van der Waals surface area contributed by atoms with Crippen LogP contribution < -0.4 is 16.4 Å². The summed E-state index contributed by atoms with van der Waals surface area (Å²) < 4.78 is 0. The Morgan fingerprint density at radius 2 is 1.78 bits per heavy atom. The number of nitrogens with one attached hydrogen (secondary N) is 2. The maximum atomic E-state index is 12.1. The van der Waals surface area contributed by atoms with E-state index in [0.29, 0.717) is 6.42 Å². The Balaban J connectivity index is 2.22. The number of benzene rings is 2. The summed E-state index contributed by atoms with van der Waals surface area (Å²) >= 11 is 0. The smallest absolute Gasteiger partial charge is 0.242 e. The van der Waals surface area contributed by atoms with Crippen LogP contribution in [0.4, 0.5) is 0 Å². The summed E-state index contributed by atoms with van der Waals surface area (Å²) in [5, 5.41) is 7.55. The van der Waals surface area contributed by atoms with Crippen molar-refractivity contribution in [3.63, 3.8) is 0 Å². The van der Waals surface area contributed by atoms with Crippen molar-refractivity contribution in [2.45, 2.75) is 31.8 Å². The lowest BCUT2D eigenvalue weighted by molar-refractivity contribution is -0.131. The Hall–Kier alpha value is -2.40. The van der Waals surface area contributed by atoms with Crippen molar-refractivity contribution in [2.24, 2.45) is 5.73 Å². The number of nitrogens with two attached hydrogens (primary N) is 1. The molecule has 0 bridgehead atoms. The van der Waals surface area contributed by atoms with Gasteiger partial charge in [-0.25, -0.2) is 0 Å². The largest absolute Gasteiger partial charge is 0.357 e. The number of fused-ring (bicyclic) bond motifs is 1. The van der Waals surface area contributed by atoms with Crippen LogP contribution in [0, 0.1) is 0 Å². The fourth-order valence-corrected chi connectivity index (χ4v) is 2.33. The third-order valence-electron chi connectivity index (χ3n) is 3.71. The normalized spacial score (nSPS) is 12.7. The first kappa shape index (κ1) is 17.0. The van der Waals surface area contributed by atoms with Gasteiger partial charge in [-0.1, -0.05) is 42.5 Å². The van der Waals surface area contributed by atoms with E-state index >= 15 is 0 Å². The van der Waals surface area contributed by atoms with E-state index in [1.807, 2.05) is 42.5 Å². The average molecular weight is 313 g/mol. The summed E-state index contributed by atoms with van der Waals surface area (Å²) in [4.78, 5) is 24.2. The highest BCUT2D eigenvalue weighted by molar-refractivity contribution is 5.91. The molecule has 2 rings (SSSR count). The van der Waals surface area contributed by atoms with Gasteiger partial charge in [-0.3, -0.25) is 9.59 Å². The van der Waals surface area contributed by atoms with E-state index in [1.54, 1.807) is 20.9 Å². The molecule has 122 valence electrons. The molecule has 0 aliphatic carbocycles. The molecule has 2 aromatic rings. The predicted octanol–water partition coefficient (Wildman–Crippen LogP) is 1.35. The van der Waals surface area contributed by atoms with E-state index in [4.69, 9.17) is 5.73 Å². The number of carbonyl (C=O) groups excluding carboxylic acids is 2. The molecule has 0 aromatic heterocycles. The highest BCUT2D eigenvalue weighted by atomic mass is 16.2. The molecule has 0 heterocycles. The van der Waals surface area contributed by atoms with Crippen LogP contribution in [0.5, 0.6) is 0 Å². The van der Waals surface area contributed by atoms with E-state index in [0.717, 1.165) is 16.3 Å². The summed E-state index contributed by atoms with van der Waals surface area (Å²) in [5.41, 5.74) is 5.74. The van der Waals surface area contributed by atoms with Gasteiger partial charge in [0.2, 0.25) is 11.8 Å². The van der Waals surface area contributed by atoms with Gasteiger partial charge < -0.3 is 16.4 Å². The van der Waals surface area contributed by atoms with E-state index in [9.17, 15) is 9.59 Å². The third-order valence-corrected chi connectivity index (χ3v) is 3.71. The molecule has 0 fully saturated rings. The molecule has 2 amide bonds. The molecule has 0 aliphatic rings. The standard InChI is InChI=1S/C18H23N3O2/c1-18(2,19)17(23)21-15(16(22)20-3)11-12-8-9-13-6-4-5-7-14(13)10-12/h4-10,15H,11,19H2,1-3H3,(H,20,22)(H,21,23)/t15-/m1/s1. The van der Waals surface area contributed by atoms with Crippen LogP contribution in [0.3, 0.4) is 0 Å². The fraction of sp³-hybridized carbons (Fsp3) is 0.333. The zero-order chi connectivity index (χ0) is 17.0. The molecular weight excluding hydrogens is 290 g/mol. The molecule has 0 saturated carbocycles. The van der Waals surface area contributed by atoms with Crippen molar-refractivity contribution in [3.05, 3.63) is 48.0 Å². The fourth-order valence-electron chi connectivity index (χ4n) is 2.33. The van der Waals surface area contributed by atoms with E-state index in [1.165, 1.54) is 0 Å². The predicted molar refractivity (Wildman–Crippen MR) is 91.9 cm³/mol. The van der Waals surface area contributed by atoms with Gasteiger partial charge in [0, 0.05) is 13.5 Å². The van der Waals surface area contributed by atoms with Crippen LogP contribution in [-0.2, 0) is 16.0 Å². The first-order chi connectivity index (χ1) is 10.8. The maximum Gasteiger partial charge on any atom is 0.242 e. The van der Waals surface area contributed by atoms with Crippen molar-refractivity contribution in [1.82, 2.24) is 10.6 Å². The quantitative estimate of drug-likeness (QED) is 0.779. The summed E-state index contributed by atoms with van der Waals surface area (Å²) in [6.07, 6.45) is 0.409. The third kappa shape index (κ3) is 4.29.